The molecule has 0 spiro atoms. The number of fused-ring (bicyclic) bond motifs is 7. The van der Waals surface area contributed by atoms with E-state index in [1.54, 1.807) is 11.3 Å². The van der Waals surface area contributed by atoms with E-state index >= 15 is 0 Å². The highest BCUT2D eigenvalue weighted by molar-refractivity contribution is 7.26. The van der Waals surface area contributed by atoms with Crippen LogP contribution in [0.1, 0.15) is 0 Å². The average Bonchev–Trinajstić information content (AvgIpc) is 3.65. The summed E-state index contributed by atoms with van der Waals surface area (Å²) in [6, 6.07) is 62.1. The summed E-state index contributed by atoms with van der Waals surface area (Å²) in [6.07, 6.45) is 1.93. The summed E-state index contributed by atoms with van der Waals surface area (Å²) in [6.45, 7) is 0. The Balaban J connectivity index is 1.20. The van der Waals surface area contributed by atoms with Gasteiger partial charge in [-0.25, -0.2) is 15.0 Å². The molecule has 0 fully saturated rings. The van der Waals surface area contributed by atoms with Crippen LogP contribution in [0.2, 0.25) is 0 Å². The molecule has 5 heteroatoms. The monoisotopic (exact) mass is 718 g/mol. The zero-order chi connectivity index (χ0) is 36.3. The largest absolute Gasteiger partial charge is 0.255 e. The van der Waals surface area contributed by atoms with Crippen LogP contribution >= 0.6 is 11.3 Å². The Hall–Kier alpha value is -7.08. The molecule has 0 saturated heterocycles. The van der Waals surface area contributed by atoms with Crippen molar-refractivity contribution in [3.63, 3.8) is 0 Å². The molecule has 3 heterocycles. The van der Waals surface area contributed by atoms with Gasteiger partial charge in [0.05, 0.1) is 10.2 Å². The molecule has 55 heavy (non-hydrogen) atoms. The molecular formula is C50H30N4S. The van der Waals surface area contributed by atoms with Gasteiger partial charge in [0.1, 0.15) is 0 Å². The lowest BCUT2D eigenvalue weighted by molar-refractivity contribution is 1.07. The SMILES string of the molecule is c1ccc(-c2nc(-c3cc(-c4cc5ccccc5c5ccccc45)cc(-c4ccnc5c4sc4ccccc45)c3)nc(-c3ccc4ccccc4c3)n2)cc1. The van der Waals surface area contributed by atoms with E-state index < -0.39 is 0 Å². The summed E-state index contributed by atoms with van der Waals surface area (Å²) < 4.78 is 2.38. The molecule has 0 N–H and O–H groups in total. The molecule has 0 amide bonds. The van der Waals surface area contributed by atoms with E-state index in [4.69, 9.17) is 19.9 Å². The lowest BCUT2D eigenvalue weighted by atomic mass is 9.90. The second kappa shape index (κ2) is 12.8. The van der Waals surface area contributed by atoms with Crippen LogP contribution in [-0.4, -0.2) is 19.9 Å². The van der Waals surface area contributed by atoms with Crippen molar-refractivity contribution in [1.82, 2.24) is 19.9 Å². The molecule has 256 valence electrons. The Labute approximate surface area is 321 Å². The quantitative estimate of drug-likeness (QED) is 0.166. The smallest absolute Gasteiger partial charge is 0.164 e. The molecule has 4 nitrogen and oxygen atoms in total. The maximum absolute atomic E-state index is 5.25. The molecule has 3 aromatic heterocycles. The Kier molecular flexibility index (Phi) is 7.32. The number of aromatic nitrogens is 4. The number of rotatable bonds is 5. The van der Waals surface area contributed by atoms with Gasteiger partial charge in [-0.2, -0.15) is 0 Å². The van der Waals surface area contributed by atoms with E-state index in [1.165, 1.54) is 37.0 Å². The van der Waals surface area contributed by atoms with Crippen LogP contribution < -0.4 is 0 Å². The maximum atomic E-state index is 5.25. The van der Waals surface area contributed by atoms with Gasteiger partial charge in [0.25, 0.3) is 0 Å². The molecule has 0 atom stereocenters. The van der Waals surface area contributed by atoms with Crippen molar-refractivity contribution in [2.75, 3.05) is 0 Å². The van der Waals surface area contributed by atoms with Crippen molar-refractivity contribution in [3.05, 3.63) is 182 Å². The second-order valence-corrected chi connectivity index (χ2v) is 14.9. The first-order valence-corrected chi connectivity index (χ1v) is 19.2. The average molecular weight is 719 g/mol. The molecule has 0 bridgehead atoms. The highest BCUT2D eigenvalue weighted by Crippen LogP contribution is 2.43. The summed E-state index contributed by atoms with van der Waals surface area (Å²) >= 11 is 1.79. The lowest BCUT2D eigenvalue weighted by Gasteiger charge is -2.15. The minimum Gasteiger partial charge on any atom is -0.255 e. The van der Waals surface area contributed by atoms with Crippen molar-refractivity contribution in [2.24, 2.45) is 0 Å². The van der Waals surface area contributed by atoms with Gasteiger partial charge in [0, 0.05) is 38.5 Å². The molecule has 8 aromatic carbocycles. The van der Waals surface area contributed by atoms with E-state index in [1.807, 2.05) is 24.4 Å². The third-order valence-corrected chi connectivity index (χ3v) is 11.7. The fourth-order valence-corrected chi connectivity index (χ4v) is 9.07. The first-order valence-electron chi connectivity index (χ1n) is 18.4. The van der Waals surface area contributed by atoms with E-state index in [-0.39, 0.29) is 0 Å². The van der Waals surface area contributed by atoms with Crippen molar-refractivity contribution in [3.8, 4) is 56.4 Å². The summed E-state index contributed by atoms with van der Waals surface area (Å²) in [5.41, 5.74) is 8.28. The van der Waals surface area contributed by atoms with Crippen LogP contribution in [-0.2, 0) is 0 Å². The third kappa shape index (κ3) is 5.44. The van der Waals surface area contributed by atoms with Crippen LogP contribution in [0.3, 0.4) is 0 Å². The predicted octanol–water partition coefficient (Wildman–Crippen LogP) is 13.4. The molecule has 0 saturated carbocycles. The lowest BCUT2D eigenvalue weighted by Crippen LogP contribution is -2.00. The Morgan fingerprint density at radius 1 is 0.345 bits per heavy atom. The van der Waals surface area contributed by atoms with E-state index in [9.17, 15) is 0 Å². The molecular weight excluding hydrogens is 689 g/mol. The van der Waals surface area contributed by atoms with Crippen molar-refractivity contribution >= 4 is 64.0 Å². The van der Waals surface area contributed by atoms with Crippen LogP contribution in [0, 0.1) is 0 Å². The highest BCUT2D eigenvalue weighted by Gasteiger charge is 2.19. The first kappa shape index (κ1) is 31.4. The van der Waals surface area contributed by atoms with Crippen molar-refractivity contribution < 1.29 is 0 Å². The minimum absolute atomic E-state index is 0.617. The fourth-order valence-electron chi connectivity index (χ4n) is 7.87. The molecule has 0 aliphatic rings. The normalized spacial score (nSPS) is 11.6. The first-order chi connectivity index (χ1) is 27.2. The minimum atomic E-state index is 0.617. The van der Waals surface area contributed by atoms with Gasteiger partial charge >= 0.3 is 0 Å². The van der Waals surface area contributed by atoms with Gasteiger partial charge in [0.2, 0.25) is 0 Å². The van der Waals surface area contributed by atoms with Crippen molar-refractivity contribution in [2.45, 2.75) is 0 Å². The summed E-state index contributed by atoms with van der Waals surface area (Å²) in [5.74, 6) is 1.88. The molecule has 0 aliphatic heterocycles. The summed E-state index contributed by atoms with van der Waals surface area (Å²) in [4.78, 5) is 20.4. The van der Waals surface area contributed by atoms with Crippen LogP contribution in [0.4, 0.5) is 0 Å². The van der Waals surface area contributed by atoms with Crippen LogP contribution in [0.5, 0.6) is 0 Å². The molecule has 11 rings (SSSR count). The molecule has 0 unspecified atom stereocenters. The topological polar surface area (TPSA) is 51.6 Å². The third-order valence-electron chi connectivity index (χ3n) is 10.5. The fraction of sp³-hybridized carbons (Fsp3) is 0. The zero-order valence-corrected chi connectivity index (χ0v) is 30.3. The van der Waals surface area contributed by atoms with E-state index in [0.29, 0.717) is 17.5 Å². The number of benzene rings is 8. The van der Waals surface area contributed by atoms with Gasteiger partial charge in [-0.15, -0.1) is 11.3 Å². The zero-order valence-electron chi connectivity index (χ0n) is 29.5. The van der Waals surface area contributed by atoms with E-state index in [2.05, 4.69) is 158 Å². The molecule has 0 aliphatic carbocycles. The number of pyridine rings is 1. The number of hydrogen-bond acceptors (Lipinski definition) is 5. The van der Waals surface area contributed by atoms with Gasteiger partial charge in [-0.3, -0.25) is 4.98 Å². The Morgan fingerprint density at radius 2 is 0.945 bits per heavy atom. The van der Waals surface area contributed by atoms with Crippen molar-refractivity contribution in [1.29, 1.82) is 0 Å². The van der Waals surface area contributed by atoms with Gasteiger partial charge in [0.15, 0.2) is 17.5 Å². The highest BCUT2D eigenvalue weighted by atomic mass is 32.1. The van der Waals surface area contributed by atoms with Crippen LogP contribution in [0.25, 0.3) is 109 Å². The number of nitrogens with zero attached hydrogens (tertiary/aromatic N) is 4. The second-order valence-electron chi connectivity index (χ2n) is 13.9. The predicted molar refractivity (Wildman–Crippen MR) is 230 cm³/mol. The van der Waals surface area contributed by atoms with Gasteiger partial charge < -0.3 is 0 Å². The Bertz CT molecular complexity index is 3280. The Morgan fingerprint density at radius 3 is 1.76 bits per heavy atom. The van der Waals surface area contributed by atoms with E-state index in [0.717, 1.165) is 54.5 Å². The molecule has 0 radical (unpaired) electrons. The number of hydrogen-bond donors (Lipinski definition) is 0. The summed E-state index contributed by atoms with van der Waals surface area (Å²) in [7, 11) is 0. The maximum Gasteiger partial charge on any atom is 0.164 e. The standard InChI is InChI=1S/C50H30N4S/c1-2-13-32(14-3-1)48-52-49(35-23-22-31-12-4-5-15-33(31)26-35)54-50(53-48)38-28-36(40-24-25-51-46-43-20-10-11-21-45(43)55-47(40)46)27-37(29-38)44-30-34-16-6-7-17-39(34)41-18-8-9-19-42(41)44/h1-30H. The summed E-state index contributed by atoms with van der Waals surface area (Å²) in [5, 5.41) is 8.35. The number of thiophene rings is 1. The van der Waals surface area contributed by atoms with Crippen LogP contribution in [0.15, 0.2) is 182 Å². The van der Waals surface area contributed by atoms with Gasteiger partial charge in [-0.1, -0.05) is 133 Å². The van der Waals surface area contributed by atoms with Gasteiger partial charge in [-0.05, 0) is 91.5 Å². The molecule has 11 aromatic rings.